The van der Waals surface area contributed by atoms with E-state index in [0.29, 0.717) is 0 Å². The second-order valence-electron chi connectivity index (χ2n) is 3.00. The molecule has 0 aliphatic heterocycles. The molecule has 2 rings (SSSR count). The lowest BCUT2D eigenvalue weighted by molar-refractivity contribution is 0.475. The Labute approximate surface area is 76.4 Å². The van der Waals surface area contributed by atoms with Gasteiger partial charge in [-0.05, 0) is 30.7 Å². The predicted octanol–water partition coefficient (Wildman–Crippen LogP) is 2.96. The third-order valence-electron chi connectivity index (χ3n) is 1.91. The van der Waals surface area contributed by atoms with Crippen molar-refractivity contribution in [2.45, 2.75) is 6.92 Å². The molecule has 0 fully saturated rings. The molecule has 1 heterocycles. The fourth-order valence-electron chi connectivity index (χ4n) is 1.28. The van der Waals surface area contributed by atoms with E-state index in [1.807, 2.05) is 25.1 Å². The van der Waals surface area contributed by atoms with Gasteiger partial charge < -0.3 is 9.52 Å². The fourth-order valence-corrected chi connectivity index (χ4v) is 1.28. The Balaban J connectivity index is 2.46. The van der Waals surface area contributed by atoms with Crippen molar-refractivity contribution < 1.29 is 9.52 Å². The first kappa shape index (κ1) is 7.92. The van der Waals surface area contributed by atoms with E-state index < -0.39 is 0 Å². The van der Waals surface area contributed by atoms with Crippen molar-refractivity contribution in [3.05, 3.63) is 42.4 Å². The molecule has 1 aromatic heterocycles. The number of hydrogen-bond acceptors (Lipinski definition) is 2. The van der Waals surface area contributed by atoms with Crippen molar-refractivity contribution in [2.24, 2.45) is 0 Å². The van der Waals surface area contributed by atoms with Gasteiger partial charge in [0.15, 0.2) is 0 Å². The Morgan fingerprint density at radius 2 is 2.00 bits per heavy atom. The number of benzene rings is 1. The standard InChI is InChI=1S/C11H10O2/c1-8-5-10(7-13-8)9-3-2-4-11(12)6-9/h2-7,12H,1H3. The maximum absolute atomic E-state index is 9.25. The molecule has 0 amide bonds. The molecule has 2 aromatic rings. The van der Waals surface area contributed by atoms with Crippen LogP contribution in [0.2, 0.25) is 0 Å². The minimum atomic E-state index is 0.274. The van der Waals surface area contributed by atoms with Crippen LogP contribution >= 0.6 is 0 Å². The van der Waals surface area contributed by atoms with Gasteiger partial charge in [0.25, 0.3) is 0 Å². The van der Waals surface area contributed by atoms with Crippen LogP contribution in [0, 0.1) is 6.92 Å². The highest BCUT2D eigenvalue weighted by atomic mass is 16.3. The van der Waals surface area contributed by atoms with Crippen molar-refractivity contribution in [3.8, 4) is 16.9 Å². The van der Waals surface area contributed by atoms with Crippen molar-refractivity contribution in [3.63, 3.8) is 0 Å². The topological polar surface area (TPSA) is 33.4 Å². The monoisotopic (exact) mass is 174 g/mol. The number of aromatic hydroxyl groups is 1. The molecule has 13 heavy (non-hydrogen) atoms. The average molecular weight is 174 g/mol. The van der Waals surface area contributed by atoms with Gasteiger partial charge >= 0.3 is 0 Å². The molecule has 2 heteroatoms. The summed E-state index contributed by atoms with van der Waals surface area (Å²) in [5, 5.41) is 9.25. The molecule has 0 aliphatic carbocycles. The van der Waals surface area contributed by atoms with E-state index in [4.69, 9.17) is 4.42 Å². The zero-order valence-corrected chi connectivity index (χ0v) is 7.32. The summed E-state index contributed by atoms with van der Waals surface area (Å²) in [5.74, 6) is 1.15. The molecule has 0 radical (unpaired) electrons. The summed E-state index contributed by atoms with van der Waals surface area (Å²) in [6, 6.07) is 9.05. The van der Waals surface area contributed by atoms with E-state index in [9.17, 15) is 5.11 Å². The van der Waals surface area contributed by atoms with E-state index in [1.165, 1.54) is 0 Å². The lowest BCUT2D eigenvalue weighted by atomic mass is 10.1. The minimum absolute atomic E-state index is 0.274. The SMILES string of the molecule is Cc1cc(-c2cccc(O)c2)co1. The van der Waals surface area contributed by atoms with Crippen LogP contribution in [0.4, 0.5) is 0 Å². The molecule has 1 N–H and O–H groups in total. The first-order valence-electron chi connectivity index (χ1n) is 4.10. The van der Waals surface area contributed by atoms with Gasteiger partial charge in [0.05, 0.1) is 6.26 Å². The lowest BCUT2D eigenvalue weighted by Gasteiger charge is -1.96. The molecule has 1 aromatic carbocycles. The van der Waals surface area contributed by atoms with Crippen molar-refractivity contribution in [1.29, 1.82) is 0 Å². The van der Waals surface area contributed by atoms with Crippen LogP contribution in [-0.4, -0.2) is 5.11 Å². The molecule has 0 atom stereocenters. The van der Waals surface area contributed by atoms with E-state index in [1.54, 1.807) is 18.4 Å². The summed E-state index contributed by atoms with van der Waals surface area (Å²) in [6.07, 6.45) is 1.68. The predicted molar refractivity (Wildman–Crippen MR) is 50.5 cm³/mol. The van der Waals surface area contributed by atoms with E-state index in [-0.39, 0.29) is 5.75 Å². The zero-order chi connectivity index (χ0) is 9.26. The lowest BCUT2D eigenvalue weighted by Crippen LogP contribution is -1.72. The quantitative estimate of drug-likeness (QED) is 0.721. The Morgan fingerprint density at radius 1 is 1.15 bits per heavy atom. The van der Waals surface area contributed by atoms with Gasteiger partial charge in [0.1, 0.15) is 11.5 Å². The minimum Gasteiger partial charge on any atom is -0.508 e. The van der Waals surface area contributed by atoms with Crippen LogP contribution in [0.3, 0.4) is 0 Å². The van der Waals surface area contributed by atoms with Gasteiger partial charge in [0.2, 0.25) is 0 Å². The summed E-state index contributed by atoms with van der Waals surface area (Å²) in [4.78, 5) is 0. The normalized spacial score (nSPS) is 10.2. The van der Waals surface area contributed by atoms with Crippen LogP contribution in [0.15, 0.2) is 41.0 Å². The number of aryl methyl sites for hydroxylation is 1. The summed E-state index contributed by atoms with van der Waals surface area (Å²) < 4.78 is 5.18. The summed E-state index contributed by atoms with van der Waals surface area (Å²) in [7, 11) is 0. The van der Waals surface area contributed by atoms with Gasteiger partial charge in [-0.2, -0.15) is 0 Å². The Hall–Kier alpha value is -1.70. The molecule has 66 valence electrons. The maximum Gasteiger partial charge on any atom is 0.116 e. The van der Waals surface area contributed by atoms with Crippen LogP contribution in [0.25, 0.3) is 11.1 Å². The van der Waals surface area contributed by atoms with Crippen molar-refractivity contribution in [2.75, 3.05) is 0 Å². The number of phenols is 1. The number of phenolic OH excluding ortho intramolecular Hbond substituents is 1. The van der Waals surface area contributed by atoms with Gasteiger partial charge in [-0.1, -0.05) is 12.1 Å². The summed E-state index contributed by atoms with van der Waals surface area (Å²) in [5.41, 5.74) is 1.96. The molecule has 0 saturated heterocycles. The van der Waals surface area contributed by atoms with Gasteiger partial charge in [-0.25, -0.2) is 0 Å². The first-order valence-corrected chi connectivity index (χ1v) is 4.10. The largest absolute Gasteiger partial charge is 0.508 e. The molecular formula is C11H10O2. The third-order valence-corrected chi connectivity index (χ3v) is 1.91. The molecular weight excluding hydrogens is 164 g/mol. The molecule has 0 unspecified atom stereocenters. The van der Waals surface area contributed by atoms with E-state index in [2.05, 4.69) is 0 Å². The third kappa shape index (κ3) is 1.56. The van der Waals surface area contributed by atoms with Crippen LogP contribution in [0.1, 0.15) is 5.76 Å². The maximum atomic E-state index is 9.25. The molecule has 0 saturated carbocycles. The summed E-state index contributed by atoms with van der Waals surface area (Å²) in [6.45, 7) is 1.90. The van der Waals surface area contributed by atoms with Gasteiger partial charge in [-0.15, -0.1) is 0 Å². The molecule has 2 nitrogen and oxygen atoms in total. The second-order valence-corrected chi connectivity index (χ2v) is 3.00. The second kappa shape index (κ2) is 2.98. The molecule has 0 spiro atoms. The van der Waals surface area contributed by atoms with Crippen LogP contribution in [-0.2, 0) is 0 Å². The Kier molecular flexibility index (Phi) is 1.81. The Bertz CT molecular complexity index is 416. The highest BCUT2D eigenvalue weighted by molar-refractivity contribution is 5.64. The smallest absolute Gasteiger partial charge is 0.116 e. The number of rotatable bonds is 1. The number of furan rings is 1. The van der Waals surface area contributed by atoms with Crippen molar-refractivity contribution >= 4 is 0 Å². The van der Waals surface area contributed by atoms with Crippen molar-refractivity contribution in [1.82, 2.24) is 0 Å². The molecule has 0 aliphatic rings. The highest BCUT2D eigenvalue weighted by Crippen LogP contribution is 2.24. The highest BCUT2D eigenvalue weighted by Gasteiger charge is 2.01. The van der Waals surface area contributed by atoms with Crippen LogP contribution < -0.4 is 0 Å². The zero-order valence-electron chi connectivity index (χ0n) is 7.32. The summed E-state index contributed by atoms with van der Waals surface area (Å²) >= 11 is 0. The molecule has 0 bridgehead atoms. The van der Waals surface area contributed by atoms with Gasteiger partial charge in [-0.3, -0.25) is 0 Å². The number of hydrogen-bond donors (Lipinski definition) is 1. The average Bonchev–Trinajstić information content (AvgIpc) is 2.52. The first-order chi connectivity index (χ1) is 6.25. The van der Waals surface area contributed by atoms with Gasteiger partial charge in [0, 0.05) is 5.56 Å². The van der Waals surface area contributed by atoms with E-state index in [0.717, 1.165) is 16.9 Å². The van der Waals surface area contributed by atoms with Crippen LogP contribution in [0.5, 0.6) is 5.75 Å². The fraction of sp³-hybridized carbons (Fsp3) is 0.0909. The van der Waals surface area contributed by atoms with E-state index >= 15 is 0 Å². The Morgan fingerprint density at radius 3 is 2.62 bits per heavy atom.